The zero-order valence-corrected chi connectivity index (χ0v) is 10.2. The molecule has 0 unspecified atom stereocenters. The second kappa shape index (κ2) is 5.41. The topological polar surface area (TPSA) is 20.3 Å². The first kappa shape index (κ1) is 12.2. The number of hydrogen-bond donors (Lipinski definition) is 0. The van der Waals surface area contributed by atoms with Crippen LogP contribution in [0.2, 0.25) is 0 Å². The molecule has 0 N–H and O–H groups in total. The van der Waals surface area contributed by atoms with Gasteiger partial charge in [0.05, 0.1) is 12.1 Å². The molecule has 3 heteroatoms. The molecule has 1 saturated carbocycles. The number of likely N-dealkylation sites (N-methyl/N-ethyl adjacent to an activating group) is 1. The predicted molar refractivity (Wildman–Crippen MR) is 65.6 cm³/mol. The Labute approximate surface area is 101 Å². The summed E-state index contributed by atoms with van der Waals surface area (Å²) in [4.78, 5) is 14.0. The van der Waals surface area contributed by atoms with Gasteiger partial charge in [-0.15, -0.1) is 0 Å². The van der Waals surface area contributed by atoms with Crippen molar-refractivity contribution in [2.45, 2.75) is 31.7 Å². The summed E-state index contributed by atoms with van der Waals surface area (Å²) in [5, 5.41) is 0. The molecule has 1 aliphatic carbocycles. The van der Waals surface area contributed by atoms with Gasteiger partial charge in [0.2, 0.25) is 0 Å². The normalized spacial score (nSPS) is 16.6. The molecule has 1 aliphatic rings. The number of carbonyl (C=O) groups excluding carboxylic acids is 1. The summed E-state index contributed by atoms with van der Waals surface area (Å²) >= 11 is 0. The maximum absolute atomic E-state index is 13.4. The predicted octanol–water partition coefficient (Wildman–Crippen LogP) is 2.88. The summed E-state index contributed by atoms with van der Waals surface area (Å²) in [7, 11) is 1.95. The molecule has 0 bridgehead atoms. The van der Waals surface area contributed by atoms with Crippen molar-refractivity contribution in [3.8, 4) is 0 Å². The van der Waals surface area contributed by atoms with Crippen molar-refractivity contribution < 1.29 is 9.18 Å². The molecule has 0 radical (unpaired) electrons. The molecular formula is C14H18FNO. The fourth-order valence-electron chi connectivity index (χ4n) is 2.47. The number of Topliss-reactive ketones (excluding diaryl/α,β-unsaturated/α-hetero) is 1. The van der Waals surface area contributed by atoms with Crippen LogP contribution in [0.4, 0.5) is 4.39 Å². The summed E-state index contributed by atoms with van der Waals surface area (Å²) in [5.41, 5.74) is 0.206. The molecule has 0 saturated heterocycles. The summed E-state index contributed by atoms with van der Waals surface area (Å²) in [6, 6.07) is 6.69. The molecule has 0 spiro atoms. The largest absolute Gasteiger partial charge is 0.296 e. The van der Waals surface area contributed by atoms with Gasteiger partial charge in [0.1, 0.15) is 5.82 Å². The van der Waals surface area contributed by atoms with Gasteiger partial charge in [0.15, 0.2) is 5.78 Å². The third kappa shape index (κ3) is 2.91. The third-order valence-corrected chi connectivity index (χ3v) is 3.52. The standard InChI is InChI=1S/C14H18FNO/c1-16(11-6-2-3-7-11)10-14(17)12-8-4-5-9-13(12)15/h4-5,8-9,11H,2-3,6-7,10H2,1H3. The molecule has 1 aromatic carbocycles. The van der Waals surface area contributed by atoms with Crippen LogP contribution in [0.3, 0.4) is 0 Å². The highest BCUT2D eigenvalue weighted by Crippen LogP contribution is 2.22. The zero-order chi connectivity index (χ0) is 12.3. The number of ketones is 1. The first-order valence-electron chi connectivity index (χ1n) is 6.16. The van der Waals surface area contributed by atoms with E-state index in [-0.39, 0.29) is 11.3 Å². The second-order valence-electron chi connectivity index (χ2n) is 4.76. The molecule has 0 aliphatic heterocycles. The van der Waals surface area contributed by atoms with Crippen LogP contribution < -0.4 is 0 Å². The number of rotatable bonds is 4. The van der Waals surface area contributed by atoms with E-state index in [9.17, 15) is 9.18 Å². The number of carbonyl (C=O) groups is 1. The maximum atomic E-state index is 13.4. The van der Waals surface area contributed by atoms with Gasteiger partial charge in [-0.1, -0.05) is 25.0 Å². The first-order chi connectivity index (χ1) is 8.18. The fourth-order valence-corrected chi connectivity index (χ4v) is 2.47. The van der Waals surface area contributed by atoms with E-state index in [1.165, 1.54) is 18.9 Å². The zero-order valence-electron chi connectivity index (χ0n) is 10.2. The number of hydrogen-bond acceptors (Lipinski definition) is 2. The van der Waals surface area contributed by atoms with E-state index in [1.807, 2.05) is 7.05 Å². The smallest absolute Gasteiger partial charge is 0.179 e. The summed E-state index contributed by atoms with van der Waals surface area (Å²) in [6.07, 6.45) is 4.79. The van der Waals surface area contributed by atoms with E-state index in [0.717, 1.165) is 12.8 Å². The van der Waals surface area contributed by atoms with Gasteiger partial charge in [-0.05, 0) is 32.0 Å². The Morgan fingerprint density at radius 1 is 1.35 bits per heavy atom. The number of nitrogens with zero attached hydrogens (tertiary/aromatic N) is 1. The molecule has 0 amide bonds. The molecule has 0 aromatic heterocycles. The molecule has 2 nitrogen and oxygen atoms in total. The van der Waals surface area contributed by atoms with Crippen molar-refractivity contribution in [1.82, 2.24) is 4.90 Å². The van der Waals surface area contributed by atoms with Crippen LogP contribution in [0.25, 0.3) is 0 Å². The van der Waals surface area contributed by atoms with Crippen LogP contribution >= 0.6 is 0 Å². The molecule has 0 heterocycles. The first-order valence-corrected chi connectivity index (χ1v) is 6.16. The highest BCUT2D eigenvalue weighted by molar-refractivity contribution is 5.97. The van der Waals surface area contributed by atoms with Gasteiger partial charge in [0, 0.05) is 6.04 Å². The Balaban J connectivity index is 1.99. The minimum absolute atomic E-state index is 0.127. The SMILES string of the molecule is CN(CC(=O)c1ccccc1F)C1CCCC1. The Hall–Kier alpha value is -1.22. The maximum Gasteiger partial charge on any atom is 0.179 e. The van der Waals surface area contributed by atoms with Crippen molar-refractivity contribution in [2.75, 3.05) is 13.6 Å². The van der Waals surface area contributed by atoms with Gasteiger partial charge in [-0.3, -0.25) is 9.69 Å². The van der Waals surface area contributed by atoms with Crippen molar-refractivity contribution in [1.29, 1.82) is 0 Å². The van der Waals surface area contributed by atoms with E-state index in [2.05, 4.69) is 4.90 Å². The Kier molecular flexibility index (Phi) is 3.89. The highest BCUT2D eigenvalue weighted by Gasteiger charge is 2.22. The summed E-state index contributed by atoms with van der Waals surface area (Å²) in [5.74, 6) is -0.546. The fraction of sp³-hybridized carbons (Fsp3) is 0.500. The van der Waals surface area contributed by atoms with E-state index >= 15 is 0 Å². The minimum atomic E-state index is -0.419. The lowest BCUT2D eigenvalue weighted by molar-refractivity contribution is 0.0917. The minimum Gasteiger partial charge on any atom is -0.296 e. The molecule has 1 aromatic rings. The third-order valence-electron chi connectivity index (χ3n) is 3.52. The Morgan fingerprint density at radius 2 is 2.00 bits per heavy atom. The number of benzene rings is 1. The quantitative estimate of drug-likeness (QED) is 0.748. The second-order valence-corrected chi connectivity index (χ2v) is 4.76. The average molecular weight is 235 g/mol. The van der Waals surface area contributed by atoms with E-state index in [0.29, 0.717) is 12.6 Å². The van der Waals surface area contributed by atoms with Gasteiger partial charge in [-0.2, -0.15) is 0 Å². The van der Waals surface area contributed by atoms with Gasteiger partial charge < -0.3 is 0 Å². The summed E-state index contributed by atoms with van der Waals surface area (Å²) in [6.45, 7) is 0.311. The van der Waals surface area contributed by atoms with Crippen LogP contribution in [0, 0.1) is 5.82 Å². The Bertz CT molecular complexity index is 399. The van der Waals surface area contributed by atoms with E-state index in [1.54, 1.807) is 18.2 Å². The van der Waals surface area contributed by atoms with Crippen molar-refractivity contribution in [3.05, 3.63) is 35.6 Å². The van der Waals surface area contributed by atoms with Crippen LogP contribution in [0.15, 0.2) is 24.3 Å². The molecule has 1 fully saturated rings. The van der Waals surface area contributed by atoms with Gasteiger partial charge in [0.25, 0.3) is 0 Å². The number of halogens is 1. The van der Waals surface area contributed by atoms with E-state index in [4.69, 9.17) is 0 Å². The molecular weight excluding hydrogens is 217 g/mol. The lowest BCUT2D eigenvalue weighted by Crippen LogP contribution is -2.34. The van der Waals surface area contributed by atoms with Crippen LogP contribution in [-0.2, 0) is 0 Å². The Morgan fingerprint density at radius 3 is 2.65 bits per heavy atom. The van der Waals surface area contributed by atoms with E-state index < -0.39 is 5.82 Å². The highest BCUT2D eigenvalue weighted by atomic mass is 19.1. The van der Waals surface area contributed by atoms with Crippen LogP contribution in [0.5, 0.6) is 0 Å². The van der Waals surface area contributed by atoms with Gasteiger partial charge in [-0.25, -0.2) is 4.39 Å². The van der Waals surface area contributed by atoms with Crippen LogP contribution in [0.1, 0.15) is 36.0 Å². The molecule has 92 valence electrons. The van der Waals surface area contributed by atoms with Crippen molar-refractivity contribution in [2.24, 2.45) is 0 Å². The molecule has 0 atom stereocenters. The lowest BCUT2D eigenvalue weighted by Gasteiger charge is -2.23. The lowest BCUT2D eigenvalue weighted by atomic mass is 10.1. The monoisotopic (exact) mass is 235 g/mol. The average Bonchev–Trinajstić information content (AvgIpc) is 2.82. The molecule has 2 rings (SSSR count). The van der Waals surface area contributed by atoms with Crippen LogP contribution in [-0.4, -0.2) is 30.3 Å². The van der Waals surface area contributed by atoms with Crippen molar-refractivity contribution >= 4 is 5.78 Å². The van der Waals surface area contributed by atoms with Crippen molar-refractivity contribution in [3.63, 3.8) is 0 Å². The summed E-state index contributed by atoms with van der Waals surface area (Å²) < 4.78 is 13.4. The van der Waals surface area contributed by atoms with Gasteiger partial charge >= 0.3 is 0 Å². The molecule has 17 heavy (non-hydrogen) atoms.